The number of halogens is 1. The van der Waals surface area contributed by atoms with Gasteiger partial charge in [-0.3, -0.25) is 4.79 Å². The zero-order valence-electron chi connectivity index (χ0n) is 15.3. The first-order valence-corrected chi connectivity index (χ1v) is 9.16. The average Bonchev–Trinajstić information content (AvgIpc) is 3.10. The molecule has 0 fully saturated rings. The predicted molar refractivity (Wildman–Crippen MR) is 106 cm³/mol. The molecule has 2 aromatic carbocycles. The number of hydrogen-bond donors (Lipinski definition) is 0. The van der Waals surface area contributed by atoms with Gasteiger partial charge in [0, 0.05) is 25.5 Å². The SMILES string of the molecule is O=C(Cc1cn2cc(F)ccc2n1)N(Cc1ccccc1)Cc1ccccc1. The van der Waals surface area contributed by atoms with E-state index in [0.717, 1.165) is 11.1 Å². The number of carbonyl (C=O) groups is 1. The summed E-state index contributed by atoms with van der Waals surface area (Å²) in [7, 11) is 0. The van der Waals surface area contributed by atoms with Gasteiger partial charge in [-0.25, -0.2) is 9.37 Å². The molecule has 4 aromatic rings. The Morgan fingerprint density at radius 1 is 0.857 bits per heavy atom. The summed E-state index contributed by atoms with van der Waals surface area (Å²) in [4.78, 5) is 19.3. The first kappa shape index (κ1) is 17.9. The Morgan fingerprint density at radius 3 is 2.07 bits per heavy atom. The molecule has 2 heterocycles. The Bertz CT molecular complexity index is 1040. The van der Waals surface area contributed by atoms with E-state index in [4.69, 9.17) is 0 Å². The Labute approximate surface area is 162 Å². The monoisotopic (exact) mass is 373 g/mol. The first-order valence-electron chi connectivity index (χ1n) is 9.16. The summed E-state index contributed by atoms with van der Waals surface area (Å²) in [6.07, 6.45) is 3.24. The van der Waals surface area contributed by atoms with E-state index in [9.17, 15) is 9.18 Å². The van der Waals surface area contributed by atoms with Crippen LogP contribution in [0.15, 0.2) is 85.2 Å². The van der Waals surface area contributed by atoms with Crippen molar-refractivity contribution in [2.24, 2.45) is 0 Å². The van der Waals surface area contributed by atoms with Crippen molar-refractivity contribution in [1.82, 2.24) is 14.3 Å². The van der Waals surface area contributed by atoms with Crippen LogP contribution in [-0.4, -0.2) is 20.2 Å². The number of benzene rings is 2. The molecule has 0 bridgehead atoms. The van der Waals surface area contributed by atoms with Crippen molar-refractivity contribution in [3.8, 4) is 0 Å². The summed E-state index contributed by atoms with van der Waals surface area (Å²) in [5.74, 6) is -0.353. The van der Waals surface area contributed by atoms with Crippen molar-refractivity contribution in [1.29, 1.82) is 0 Å². The summed E-state index contributed by atoms with van der Waals surface area (Å²) in [6, 6.07) is 22.8. The molecule has 0 saturated heterocycles. The molecule has 5 heteroatoms. The van der Waals surface area contributed by atoms with Crippen LogP contribution in [-0.2, 0) is 24.3 Å². The van der Waals surface area contributed by atoms with Crippen LogP contribution in [0.25, 0.3) is 5.65 Å². The summed E-state index contributed by atoms with van der Waals surface area (Å²) in [5.41, 5.74) is 3.40. The lowest BCUT2D eigenvalue weighted by atomic mass is 10.1. The molecule has 1 amide bonds. The fourth-order valence-corrected chi connectivity index (χ4v) is 3.21. The van der Waals surface area contributed by atoms with E-state index >= 15 is 0 Å². The van der Waals surface area contributed by atoms with E-state index in [2.05, 4.69) is 4.98 Å². The molecule has 28 heavy (non-hydrogen) atoms. The van der Waals surface area contributed by atoms with Crippen LogP contribution < -0.4 is 0 Å². The van der Waals surface area contributed by atoms with Gasteiger partial charge in [-0.2, -0.15) is 0 Å². The highest BCUT2D eigenvalue weighted by atomic mass is 19.1. The van der Waals surface area contributed by atoms with E-state index in [-0.39, 0.29) is 18.1 Å². The standard InChI is InChI=1S/C23H20FN3O/c24-20-11-12-22-25-21(17-26(22)16-20)13-23(28)27(14-18-7-3-1-4-8-18)15-19-9-5-2-6-10-19/h1-12,16-17H,13-15H2. The van der Waals surface area contributed by atoms with Crippen molar-refractivity contribution >= 4 is 11.6 Å². The minimum atomic E-state index is -0.336. The molecular formula is C23H20FN3O. The van der Waals surface area contributed by atoms with E-state index in [0.29, 0.717) is 24.4 Å². The number of nitrogens with zero attached hydrogens (tertiary/aromatic N) is 3. The van der Waals surface area contributed by atoms with Gasteiger partial charge in [-0.05, 0) is 23.3 Å². The number of imidazole rings is 1. The third-order valence-electron chi connectivity index (χ3n) is 4.58. The molecule has 0 spiro atoms. The van der Waals surface area contributed by atoms with E-state index in [1.807, 2.05) is 65.6 Å². The lowest BCUT2D eigenvalue weighted by molar-refractivity contribution is -0.131. The predicted octanol–water partition coefficient (Wildman–Crippen LogP) is 4.24. The van der Waals surface area contributed by atoms with Crippen molar-refractivity contribution in [2.45, 2.75) is 19.5 Å². The van der Waals surface area contributed by atoms with Crippen LogP contribution in [0.4, 0.5) is 4.39 Å². The molecule has 4 nitrogen and oxygen atoms in total. The quantitative estimate of drug-likeness (QED) is 0.507. The van der Waals surface area contributed by atoms with E-state index in [1.54, 1.807) is 16.7 Å². The Kier molecular flexibility index (Phi) is 5.15. The Balaban J connectivity index is 1.55. The normalized spacial score (nSPS) is 10.9. The molecule has 0 aliphatic carbocycles. The molecule has 0 atom stereocenters. The number of rotatable bonds is 6. The van der Waals surface area contributed by atoms with Gasteiger partial charge in [0.25, 0.3) is 0 Å². The van der Waals surface area contributed by atoms with Crippen molar-refractivity contribution in [2.75, 3.05) is 0 Å². The van der Waals surface area contributed by atoms with Gasteiger partial charge in [-0.15, -0.1) is 0 Å². The lowest BCUT2D eigenvalue weighted by Gasteiger charge is -2.23. The highest BCUT2D eigenvalue weighted by molar-refractivity contribution is 5.78. The third-order valence-corrected chi connectivity index (χ3v) is 4.58. The third kappa shape index (κ3) is 4.26. The second-order valence-corrected chi connectivity index (χ2v) is 6.74. The van der Waals surface area contributed by atoms with Crippen LogP contribution in [0.5, 0.6) is 0 Å². The van der Waals surface area contributed by atoms with Gasteiger partial charge in [0.2, 0.25) is 5.91 Å². The molecule has 0 N–H and O–H groups in total. The maximum Gasteiger partial charge on any atom is 0.229 e. The highest BCUT2D eigenvalue weighted by Gasteiger charge is 2.17. The van der Waals surface area contributed by atoms with E-state index in [1.165, 1.54) is 12.3 Å². The first-order chi connectivity index (χ1) is 13.7. The van der Waals surface area contributed by atoms with Gasteiger partial charge >= 0.3 is 0 Å². The smallest absolute Gasteiger partial charge is 0.229 e. The fourth-order valence-electron chi connectivity index (χ4n) is 3.21. The average molecular weight is 373 g/mol. The molecule has 0 saturated carbocycles. The second-order valence-electron chi connectivity index (χ2n) is 6.74. The number of aromatic nitrogens is 2. The fraction of sp³-hybridized carbons (Fsp3) is 0.130. The molecule has 4 rings (SSSR count). The summed E-state index contributed by atoms with van der Waals surface area (Å²) in [6.45, 7) is 1.05. The molecule has 2 aromatic heterocycles. The van der Waals surface area contributed by atoms with Crippen LogP contribution >= 0.6 is 0 Å². The van der Waals surface area contributed by atoms with Crippen molar-refractivity contribution in [3.63, 3.8) is 0 Å². The zero-order valence-corrected chi connectivity index (χ0v) is 15.3. The van der Waals surface area contributed by atoms with Crippen LogP contribution in [0, 0.1) is 5.82 Å². The number of pyridine rings is 1. The molecule has 0 unspecified atom stereocenters. The largest absolute Gasteiger partial charge is 0.334 e. The lowest BCUT2D eigenvalue weighted by Crippen LogP contribution is -2.31. The van der Waals surface area contributed by atoms with E-state index < -0.39 is 0 Å². The van der Waals surface area contributed by atoms with Gasteiger partial charge < -0.3 is 9.30 Å². The summed E-state index contributed by atoms with van der Waals surface area (Å²) in [5, 5.41) is 0. The molecule has 0 aliphatic rings. The van der Waals surface area contributed by atoms with Crippen LogP contribution in [0.1, 0.15) is 16.8 Å². The number of fused-ring (bicyclic) bond motifs is 1. The summed E-state index contributed by atoms with van der Waals surface area (Å²) >= 11 is 0. The molecule has 140 valence electrons. The molecule has 0 aliphatic heterocycles. The minimum absolute atomic E-state index is 0.0171. The topological polar surface area (TPSA) is 37.6 Å². The van der Waals surface area contributed by atoms with Gasteiger partial charge in [0.1, 0.15) is 11.5 Å². The number of carbonyl (C=O) groups excluding carboxylic acids is 1. The van der Waals surface area contributed by atoms with Crippen LogP contribution in [0.3, 0.4) is 0 Å². The Hall–Kier alpha value is -3.47. The number of amides is 1. The Morgan fingerprint density at radius 2 is 1.46 bits per heavy atom. The molecule has 0 radical (unpaired) electrons. The van der Waals surface area contributed by atoms with Gasteiger partial charge in [0.15, 0.2) is 0 Å². The molecular weight excluding hydrogens is 353 g/mol. The van der Waals surface area contributed by atoms with Crippen molar-refractivity contribution in [3.05, 3.63) is 108 Å². The maximum atomic E-state index is 13.4. The maximum absolute atomic E-state index is 13.4. The van der Waals surface area contributed by atoms with Gasteiger partial charge in [-0.1, -0.05) is 60.7 Å². The van der Waals surface area contributed by atoms with Crippen molar-refractivity contribution < 1.29 is 9.18 Å². The second kappa shape index (κ2) is 8.05. The minimum Gasteiger partial charge on any atom is -0.334 e. The summed E-state index contributed by atoms with van der Waals surface area (Å²) < 4.78 is 15.0. The van der Waals surface area contributed by atoms with Crippen LogP contribution in [0.2, 0.25) is 0 Å². The van der Waals surface area contributed by atoms with Gasteiger partial charge in [0.05, 0.1) is 12.1 Å². The zero-order chi connectivity index (χ0) is 19.3. The highest BCUT2D eigenvalue weighted by Crippen LogP contribution is 2.14. The number of hydrogen-bond acceptors (Lipinski definition) is 2.